The average molecular weight is 1000 g/mol. The Morgan fingerprint density at radius 1 is 0.500 bits per heavy atom. The summed E-state index contributed by atoms with van der Waals surface area (Å²) < 4.78 is 16.7. The molecule has 0 radical (unpaired) electrons. The van der Waals surface area contributed by atoms with E-state index in [0.717, 1.165) is 44.4 Å². The van der Waals surface area contributed by atoms with Gasteiger partial charge in [0.05, 0.1) is 0 Å². The Morgan fingerprint density at radius 3 is 1.21 bits per heavy atom. The molecule has 4 aromatic rings. The zero-order valence-corrected chi connectivity index (χ0v) is 43.4. The fraction of sp³-hybridized carbons (Fsp3) is 0.714. The van der Waals surface area contributed by atoms with Gasteiger partial charge in [0, 0.05) is 0 Å². The van der Waals surface area contributed by atoms with E-state index in [9.17, 15) is 0 Å². The van der Waals surface area contributed by atoms with E-state index in [1.807, 2.05) is 22.7 Å². The van der Waals surface area contributed by atoms with E-state index in [0.29, 0.717) is 11.8 Å². The van der Waals surface area contributed by atoms with Crippen LogP contribution in [0.1, 0.15) is 130 Å². The summed E-state index contributed by atoms with van der Waals surface area (Å²) in [4.78, 5) is 30.1. The number of hydrogen-bond acceptors (Lipinski definition) is 8. The first-order valence-corrected chi connectivity index (χ1v) is 43.9. The third-order valence-electron chi connectivity index (χ3n) is 10.1. The van der Waals surface area contributed by atoms with Gasteiger partial charge in [0.15, 0.2) is 0 Å². The van der Waals surface area contributed by atoms with Gasteiger partial charge in [0.2, 0.25) is 0 Å². The molecule has 4 rings (SSSR count). The maximum atomic E-state index is 6.79. The Kier molecular flexibility index (Phi) is 19.1. The van der Waals surface area contributed by atoms with Crippen LogP contribution in [-0.2, 0) is 0 Å². The third-order valence-corrected chi connectivity index (χ3v) is 33.5. The van der Waals surface area contributed by atoms with E-state index in [2.05, 4.69) is 69.5 Å². The molecule has 52 heavy (non-hydrogen) atoms. The molecule has 0 aliphatic carbocycles. The Morgan fingerprint density at radius 2 is 0.865 bits per heavy atom. The number of ether oxygens (including phenoxy) is 2. The number of hydrogen-bond donors (Lipinski definition) is 0. The predicted molar refractivity (Wildman–Crippen MR) is 242 cm³/mol. The number of aromatic nitrogens is 2. The zero-order valence-electron chi connectivity index (χ0n) is 34.4. The van der Waals surface area contributed by atoms with Gasteiger partial charge < -0.3 is 0 Å². The van der Waals surface area contributed by atoms with E-state index >= 15 is 0 Å². The minimum absolute atomic E-state index is 0.628. The second-order valence-corrected chi connectivity index (χ2v) is 52.0. The van der Waals surface area contributed by atoms with Gasteiger partial charge in [-0.25, -0.2) is 0 Å². The predicted octanol–water partition coefficient (Wildman–Crippen LogP) is 14.6. The summed E-state index contributed by atoms with van der Waals surface area (Å²) in [5.41, 5.74) is 0. The molecule has 0 saturated heterocycles. The van der Waals surface area contributed by atoms with Crippen LogP contribution in [0.5, 0.6) is 11.5 Å². The molecule has 0 saturated carbocycles. The SMILES string of the molecule is CCCCCCC(CCCC)COc1c[c]([Sn]([CH3])([CH3])[CH3])sc1-c1nc2sc(-c3s[c]([Sn]([CH3])([CH3])[CH3])cc3OCC(CCCC)CCCCCC)nc2s1. The summed E-state index contributed by atoms with van der Waals surface area (Å²) in [6.07, 6.45) is 20.7. The molecule has 0 bridgehead atoms. The summed E-state index contributed by atoms with van der Waals surface area (Å²) in [7, 11) is 0. The van der Waals surface area contributed by atoms with E-state index in [4.69, 9.17) is 19.4 Å². The van der Waals surface area contributed by atoms with Crippen molar-refractivity contribution in [2.24, 2.45) is 11.8 Å². The van der Waals surface area contributed by atoms with Gasteiger partial charge in [0.25, 0.3) is 0 Å². The fourth-order valence-corrected chi connectivity index (χ4v) is 21.3. The molecule has 4 nitrogen and oxygen atoms in total. The number of thiazole rings is 2. The van der Waals surface area contributed by atoms with Gasteiger partial charge in [-0.3, -0.25) is 0 Å². The first kappa shape index (κ1) is 44.8. The van der Waals surface area contributed by atoms with Crippen LogP contribution in [0.2, 0.25) is 29.6 Å². The van der Waals surface area contributed by atoms with Crippen LogP contribution >= 0.6 is 45.3 Å². The number of thiophene rings is 2. The van der Waals surface area contributed by atoms with Crippen molar-refractivity contribution in [1.29, 1.82) is 0 Å². The maximum absolute atomic E-state index is 6.79. The van der Waals surface area contributed by atoms with Crippen LogP contribution in [0.25, 0.3) is 29.4 Å². The third kappa shape index (κ3) is 13.6. The Bertz CT molecular complexity index is 1460. The molecular formula is C42H70N2O2S4Sn2. The van der Waals surface area contributed by atoms with Crippen LogP contribution in [0.4, 0.5) is 0 Å². The van der Waals surface area contributed by atoms with Crippen LogP contribution in [0.15, 0.2) is 12.1 Å². The Balaban J connectivity index is 1.58. The van der Waals surface area contributed by atoms with Crippen molar-refractivity contribution in [3.63, 3.8) is 0 Å². The first-order valence-electron chi connectivity index (χ1n) is 20.7. The van der Waals surface area contributed by atoms with Crippen molar-refractivity contribution in [1.82, 2.24) is 9.97 Å². The molecule has 0 aromatic carbocycles. The zero-order chi connectivity index (χ0) is 37.7. The van der Waals surface area contributed by atoms with Crippen LogP contribution in [0.3, 0.4) is 0 Å². The number of rotatable bonds is 26. The molecule has 0 aliphatic heterocycles. The second kappa shape index (κ2) is 22.2. The van der Waals surface area contributed by atoms with Crippen molar-refractivity contribution < 1.29 is 9.47 Å². The molecule has 0 fully saturated rings. The van der Waals surface area contributed by atoms with Gasteiger partial charge in [-0.15, -0.1) is 0 Å². The topological polar surface area (TPSA) is 44.2 Å². The van der Waals surface area contributed by atoms with Gasteiger partial charge >= 0.3 is 346 Å². The summed E-state index contributed by atoms with van der Waals surface area (Å²) in [6.45, 7) is 10.8. The quantitative estimate of drug-likeness (QED) is 0.0464. The number of fused-ring (bicyclic) bond motifs is 1. The normalized spacial score (nSPS) is 13.7. The van der Waals surface area contributed by atoms with Crippen molar-refractivity contribution >= 4 is 97.5 Å². The van der Waals surface area contributed by atoms with Crippen molar-refractivity contribution in [2.45, 2.75) is 160 Å². The summed E-state index contributed by atoms with van der Waals surface area (Å²) in [6, 6.07) is 4.79. The molecule has 0 N–H and O–H groups in total. The van der Waals surface area contributed by atoms with Crippen LogP contribution in [-0.4, -0.2) is 59.9 Å². The molecule has 292 valence electrons. The Labute approximate surface area is 342 Å². The molecule has 0 spiro atoms. The molecule has 10 heteroatoms. The van der Waals surface area contributed by atoms with E-state index in [1.165, 1.54) is 112 Å². The van der Waals surface area contributed by atoms with Gasteiger partial charge in [-0.2, -0.15) is 0 Å². The first-order chi connectivity index (χ1) is 24.9. The fourth-order valence-electron chi connectivity index (χ4n) is 6.58. The molecule has 0 amide bonds. The molecule has 2 atom stereocenters. The van der Waals surface area contributed by atoms with Gasteiger partial charge in [-0.1, -0.05) is 0 Å². The summed E-state index contributed by atoms with van der Waals surface area (Å²) in [5, 5.41) is 2.15. The number of nitrogens with zero attached hydrogens (tertiary/aromatic N) is 2. The van der Waals surface area contributed by atoms with Crippen molar-refractivity contribution in [3.8, 4) is 31.3 Å². The van der Waals surface area contributed by atoms with Crippen molar-refractivity contribution in [3.05, 3.63) is 12.1 Å². The summed E-state index contributed by atoms with van der Waals surface area (Å²) >= 11 is 2.74. The molecule has 4 heterocycles. The second-order valence-electron chi connectivity index (χ2n) is 17.1. The average Bonchev–Trinajstić information content (AvgIpc) is 3.88. The monoisotopic (exact) mass is 1000 g/mol. The van der Waals surface area contributed by atoms with E-state index < -0.39 is 36.8 Å². The van der Waals surface area contributed by atoms with Crippen LogP contribution < -0.4 is 15.3 Å². The van der Waals surface area contributed by atoms with Gasteiger partial charge in [-0.05, 0) is 0 Å². The minimum atomic E-state index is -2.33. The Hall–Kier alpha value is 0.117. The van der Waals surface area contributed by atoms with Crippen molar-refractivity contribution in [2.75, 3.05) is 13.2 Å². The standard InChI is InChI=1S/C36H52N2O2S4.6CH3.2Sn/c1-5-9-13-15-19-27(17-11-7-3)25-39-29-21-23-41-31(29)33-37-35-36(43-33)38-34(44-35)32-30(22-24-42-32)40-26-28(18-12-8-4)20-16-14-10-6-2;;;;;;;;/h21-22,27-28H,5-20,25-26H2,1-4H3;6*1H3;;. The molecule has 0 aliphatic rings. The molecule has 2 unspecified atom stereocenters. The molecular weight excluding hydrogens is 930 g/mol. The van der Waals surface area contributed by atoms with E-state index in [1.54, 1.807) is 28.5 Å². The van der Waals surface area contributed by atoms with E-state index in [-0.39, 0.29) is 0 Å². The van der Waals surface area contributed by atoms with Gasteiger partial charge in [0.1, 0.15) is 0 Å². The summed E-state index contributed by atoms with van der Waals surface area (Å²) in [5.74, 6) is 3.38. The number of unbranched alkanes of at least 4 members (excludes halogenated alkanes) is 8. The van der Waals surface area contributed by atoms with Crippen LogP contribution in [0, 0.1) is 11.8 Å². The molecule has 4 aromatic heterocycles.